The van der Waals surface area contributed by atoms with Crippen LogP contribution >= 0.6 is 35.7 Å². The Morgan fingerprint density at radius 1 is 1.33 bits per heavy atom. The number of halogens is 1. The van der Waals surface area contributed by atoms with E-state index in [4.69, 9.17) is 9.47 Å². The van der Waals surface area contributed by atoms with Crippen molar-refractivity contribution in [3.8, 4) is 0 Å². The Labute approximate surface area is 150 Å². The average Bonchev–Trinajstić information content (AvgIpc) is 2.40. The van der Waals surface area contributed by atoms with E-state index in [0.29, 0.717) is 31.1 Å². The van der Waals surface area contributed by atoms with Gasteiger partial charge in [0.05, 0.1) is 26.4 Å². The highest BCUT2D eigenvalue weighted by Crippen LogP contribution is 2.29. The van der Waals surface area contributed by atoms with Crippen molar-refractivity contribution < 1.29 is 9.47 Å². The van der Waals surface area contributed by atoms with Gasteiger partial charge in [0.15, 0.2) is 5.96 Å². The van der Waals surface area contributed by atoms with E-state index in [1.807, 2.05) is 11.8 Å². The number of methoxy groups -OCH3 is 1. The maximum absolute atomic E-state index is 5.45. The van der Waals surface area contributed by atoms with Crippen LogP contribution in [0, 0.1) is 0 Å². The van der Waals surface area contributed by atoms with E-state index in [-0.39, 0.29) is 24.0 Å². The Balaban J connectivity index is 0.00000400. The molecule has 0 atom stereocenters. The number of nitrogens with zero attached hydrogens (tertiary/aromatic N) is 2. The van der Waals surface area contributed by atoms with Gasteiger partial charge in [0.2, 0.25) is 0 Å². The highest BCUT2D eigenvalue weighted by molar-refractivity contribution is 14.0. The molecule has 0 aliphatic carbocycles. The van der Waals surface area contributed by atoms with Crippen LogP contribution in [0.5, 0.6) is 0 Å². The SMILES string of the molecule is CCNC(=NCCOCCOC)N1CCSC(C)(C)C1.I. The minimum atomic E-state index is 0. The highest BCUT2D eigenvalue weighted by Gasteiger charge is 2.28. The van der Waals surface area contributed by atoms with Gasteiger partial charge in [0.25, 0.3) is 0 Å². The fraction of sp³-hybridized carbons (Fsp3) is 0.929. The van der Waals surface area contributed by atoms with Crippen LogP contribution in [0.2, 0.25) is 0 Å². The third-order valence-electron chi connectivity index (χ3n) is 2.99. The fourth-order valence-corrected chi connectivity index (χ4v) is 3.19. The zero-order valence-electron chi connectivity index (χ0n) is 13.7. The molecule has 0 saturated carbocycles. The van der Waals surface area contributed by atoms with Crippen molar-refractivity contribution in [1.82, 2.24) is 10.2 Å². The van der Waals surface area contributed by atoms with Gasteiger partial charge < -0.3 is 19.7 Å². The molecule has 1 rings (SSSR count). The van der Waals surface area contributed by atoms with Crippen molar-refractivity contribution in [2.45, 2.75) is 25.5 Å². The standard InChI is InChI=1S/C14H29N3O2S.HI/c1-5-15-13(16-6-8-19-10-9-18-4)17-7-11-20-14(2,3)12-17;/h5-12H2,1-4H3,(H,15,16);1H. The number of hydrogen-bond acceptors (Lipinski definition) is 4. The Kier molecular flexibility index (Phi) is 11.9. The second-order valence-corrected chi connectivity index (χ2v) is 7.17. The van der Waals surface area contributed by atoms with E-state index >= 15 is 0 Å². The lowest BCUT2D eigenvalue weighted by atomic mass is 10.2. The van der Waals surface area contributed by atoms with E-state index < -0.39 is 0 Å². The van der Waals surface area contributed by atoms with Crippen molar-refractivity contribution in [2.24, 2.45) is 4.99 Å². The molecule has 0 amide bonds. The summed E-state index contributed by atoms with van der Waals surface area (Å²) in [5.41, 5.74) is 0. The zero-order chi connectivity index (χ0) is 14.8. The van der Waals surface area contributed by atoms with E-state index in [0.717, 1.165) is 31.3 Å². The van der Waals surface area contributed by atoms with E-state index in [2.05, 4.69) is 36.0 Å². The maximum atomic E-state index is 5.45. The monoisotopic (exact) mass is 431 g/mol. The Hall–Kier alpha value is 0.270. The van der Waals surface area contributed by atoms with Crippen molar-refractivity contribution in [2.75, 3.05) is 58.9 Å². The molecule has 0 aromatic rings. The van der Waals surface area contributed by atoms with Crippen LogP contribution in [0.15, 0.2) is 4.99 Å². The van der Waals surface area contributed by atoms with Crippen LogP contribution in [-0.4, -0.2) is 74.5 Å². The molecule has 0 aromatic carbocycles. The van der Waals surface area contributed by atoms with Crippen LogP contribution in [0.25, 0.3) is 0 Å². The molecule has 1 aliphatic rings. The number of hydrogen-bond donors (Lipinski definition) is 1. The van der Waals surface area contributed by atoms with Gasteiger partial charge in [-0.25, -0.2) is 0 Å². The maximum Gasteiger partial charge on any atom is 0.194 e. The molecule has 0 radical (unpaired) electrons. The number of nitrogens with one attached hydrogen (secondary N) is 1. The Morgan fingerprint density at radius 3 is 2.71 bits per heavy atom. The van der Waals surface area contributed by atoms with Crippen LogP contribution in [0.4, 0.5) is 0 Å². The van der Waals surface area contributed by atoms with Crippen LogP contribution in [-0.2, 0) is 9.47 Å². The topological polar surface area (TPSA) is 46.1 Å². The van der Waals surface area contributed by atoms with Gasteiger partial charge in [0.1, 0.15) is 0 Å². The van der Waals surface area contributed by atoms with Gasteiger partial charge in [-0.15, -0.1) is 24.0 Å². The van der Waals surface area contributed by atoms with Gasteiger partial charge in [-0.3, -0.25) is 4.99 Å². The summed E-state index contributed by atoms with van der Waals surface area (Å²) in [6.07, 6.45) is 0. The molecule has 1 N–H and O–H groups in total. The third-order valence-corrected chi connectivity index (χ3v) is 4.29. The number of thioether (sulfide) groups is 1. The fourth-order valence-electron chi connectivity index (χ4n) is 2.08. The van der Waals surface area contributed by atoms with Crippen molar-refractivity contribution >= 4 is 41.7 Å². The molecule has 0 spiro atoms. The van der Waals surface area contributed by atoms with Gasteiger partial charge in [0, 0.05) is 37.2 Å². The molecular weight excluding hydrogens is 401 g/mol. The lowest BCUT2D eigenvalue weighted by molar-refractivity contribution is 0.0747. The zero-order valence-corrected chi connectivity index (χ0v) is 16.8. The quantitative estimate of drug-likeness (QED) is 0.290. The van der Waals surface area contributed by atoms with Crippen molar-refractivity contribution in [3.63, 3.8) is 0 Å². The lowest BCUT2D eigenvalue weighted by Gasteiger charge is -2.39. The summed E-state index contributed by atoms with van der Waals surface area (Å²) >= 11 is 2.03. The second-order valence-electron chi connectivity index (χ2n) is 5.37. The first-order valence-electron chi connectivity index (χ1n) is 7.33. The molecule has 126 valence electrons. The van der Waals surface area contributed by atoms with E-state index in [1.165, 1.54) is 0 Å². The van der Waals surface area contributed by atoms with E-state index in [9.17, 15) is 0 Å². The molecule has 1 aliphatic heterocycles. The minimum Gasteiger partial charge on any atom is -0.382 e. The van der Waals surface area contributed by atoms with Crippen LogP contribution in [0.1, 0.15) is 20.8 Å². The summed E-state index contributed by atoms with van der Waals surface area (Å²) in [6.45, 7) is 12.3. The summed E-state index contributed by atoms with van der Waals surface area (Å²) in [7, 11) is 1.68. The predicted octanol–water partition coefficient (Wildman–Crippen LogP) is 2.06. The van der Waals surface area contributed by atoms with Crippen LogP contribution in [0.3, 0.4) is 0 Å². The molecule has 1 saturated heterocycles. The summed E-state index contributed by atoms with van der Waals surface area (Å²) in [5, 5.41) is 3.38. The molecule has 1 fully saturated rings. The molecule has 5 nitrogen and oxygen atoms in total. The molecule has 0 aromatic heterocycles. The second kappa shape index (κ2) is 11.8. The summed E-state index contributed by atoms with van der Waals surface area (Å²) in [5.74, 6) is 2.16. The van der Waals surface area contributed by atoms with Gasteiger partial charge >= 0.3 is 0 Å². The van der Waals surface area contributed by atoms with Crippen molar-refractivity contribution in [3.05, 3.63) is 0 Å². The van der Waals surface area contributed by atoms with Gasteiger partial charge in [-0.2, -0.15) is 11.8 Å². The average molecular weight is 431 g/mol. The number of ether oxygens (including phenoxy) is 2. The Bertz CT molecular complexity index is 304. The summed E-state index contributed by atoms with van der Waals surface area (Å²) in [6, 6.07) is 0. The molecule has 1 heterocycles. The predicted molar refractivity (Wildman–Crippen MR) is 102 cm³/mol. The highest BCUT2D eigenvalue weighted by atomic mass is 127. The minimum absolute atomic E-state index is 0. The lowest BCUT2D eigenvalue weighted by Crippen LogP contribution is -2.51. The van der Waals surface area contributed by atoms with Crippen molar-refractivity contribution in [1.29, 1.82) is 0 Å². The van der Waals surface area contributed by atoms with Gasteiger partial charge in [-0.1, -0.05) is 0 Å². The smallest absolute Gasteiger partial charge is 0.194 e. The number of guanidine groups is 1. The first kappa shape index (κ1) is 21.3. The van der Waals surface area contributed by atoms with E-state index in [1.54, 1.807) is 7.11 Å². The first-order chi connectivity index (χ1) is 9.59. The Morgan fingerprint density at radius 2 is 2.10 bits per heavy atom. The molecule has 0 bridgehead atoms. The van der Waals surface area contributed by atoms with Crippen LogP contribution < -0.4 is 5.32 Å². The molecule has 0 unspecified atom stereocenters. The molecule has 21 heavy (non-hydrogen) atoms. The first-order valence-corrected chi connectivity index (χ1v) is 8.31. The third kappa shape index (κ3) is 9.10. The number of rotatable bonds is 7. The number of aliphatic imine (C=N–C) groups is 1. The summed E-state index contributed by atoms with van der Waals surface area (Å²) < 4.78 is 10.7. The summed E-state index contributed by atoms with van der Waals surface area (Å²) in [4.78, 5) is 7.01. The van der Waals surface area contributed by atoms with Gasteiger partial charge in [-0.05, 0) is 20.8 Å². The normalized spacial score (nSPS) is 18.3. The molecular formula is C14H30IN3O2S. The largest absolute Gasteiger partial charge is 0.382 e. The molecule has 7 heteroatoms.